The highest BCUT2D eigenvalue weighted by Crippen LogP contribution is 2.02. The Morgan fingerprint density at radius 1 is 1.54 bits per heavy atom. The first-order valence-corrected chi connectivity index (χ1v) is 4.68. The Morgan fingerprint density at radius 2 is 2.31 bits per heavy atom. The van der Waals surface area contributed by atoms with Crippen molar-refractivity contribution in [2.75, 3.05) is 0 Å². The lowest BCUT2D eigenvalue weighted by Crippen LogP contribution is -2.02. The second-order valence-corrected chi connectivity index (χ2v) is 3.35. The van der Waals surface area contributed by atoms with Crippen LogP contribution in [0.25, 0.3) is 0 Å². The maximum atomic E-state index is 10.6. The van der Waals surface area contributed by atoms with Crippen LogP contribution in [0, 0.1) is 6.92 Å². The van der Waals surface area contributed by atoms with Crippen molar-refractivity contribution in [3.8, 4) is 0 Å². The van der Waals surface area contributed by atoms with Crippen molar-refractivity contribution in [2.24, 2.45) is 0 Å². The van der Waals surface area contributed by atoms with Gasteiger partial charge in [0.25, 0.3) is 0 Å². The first kappa shape index (κ1) is 9.96. The van der Waals surface area contributed by atoms with E-state index >= 15 is 0 Å². The summed E-state index contributed by atoms with van der Waals surface area (Å²) in [5.41, 5.74) is 1.18. The molecular weight excluding hydrogens is 164 g/mol. The summed E-state index contributed by atoms with van der Waals surface area (Å²) in [6, 6.07) is 1.99. The monoisotopic (exact) mass is 180 g/mol. The summed E-state index contributed by atoms with van der Waals surface area (Å²) in [4.78, 5) is 10.6. The van der Waals surface area contributed by atoms with E-state index < -0.39 is 0 Å². The SMILES string of the molecule is CC(=O)CCCCn1nccc1C. The van der Waals surface area contributed by atoms with Crippen molar-refractivity contribution < 1.29 is 4.79 Å². The van der Waals surface area contributed by atoms with Crippen molar-refractivity contribution in [3.05, 3.63) is 18.0 Å². The van der Waals surface area contributed by atoms with E-state index in [1.165, 1.54) is 5.69 Å². The third-order valence-corrected chi connectivity index (χ3v) is 2.08. The molecule has 3 nitrogen and oxygen atoms in total. The van der Waals surface area contributed by atoms with Crippen LogP contribution in [0.1, 0.15) is 31.9 Å². The summed E-state index contributed by atoms with van der Waals surface area (Å²) in [6.45, 7) is 4.60. The van der Waals surface area contributed by atoms with Gasteiger partial charge in [0.15, 0.2) is 0 Å². The average molecular weight is 180 g/mol. The second-order valence-electron chi connectivity index (χ2n) is 3.35. The molecule has 0 atom stereocenters. The maximum absolute atomic E-state index is 10.6. The molecule has 72 valence electrons. The number of aromatic nitrogens is 2. The lowest BCUT2D eigenvalue weighted by molar-refractivity contribution is -0.117. The number of ketones is 1. The molecule has 0 amide bonds. The molecule has 0 bridgehead atoms. The van der Waals surface area contributed by atoms with E-state index in [2.05, 4.69) is 5.10 Å². The third-order valence-electron chi connectivity index (χ3n) is 2.08. The zero-order chi connectivity index (χ0) is 9.68. The van der Waals surface area contributed by atoms with Crippen LogP contribution in [0.5, 0.6) is 0 Å². The molecule has 1 heterocycles. The van der Waals surface area contributed by atoms with Gasteiger partial charge in [-0.1, -0.05) is 0 Å². The molecule has 13 heavy (non-hydrogen) atoms. The summed E-state index contributed by atoms with van der Waals surface area (Å²) < 4.78 is 1.97. The Balaban J connectivity index is 2.20. The number of nitrogens with zero attached hydrogens (tertiary/aromatic N) is 2. The number of aryl methyl sites for hydroxylation is 2. The Hall–Kier alpha value is -1.12. The second kappa shape index (κ2) is 4.80. The lowest BCUT2D eigenvalue weighted by atomic mass is 10.2. The maximum Gasteiger partial charge on any atom is 0.129 e. The van der Waals surface area contributed by atoms with Crippen LogP contribution in [-0.4, -0.2) is 15.6 Å². The van der Waals surface area contributed by atoms with Gasteiger partial charge < -0.3 is 4.79 Å². The molecule has 0 radical (unpaired) electrons. The lowest BCUT2D eigenvalue weighted by Gasteiger charge is -2.02. The van der Waals surface area contributed by atoms with E-state index in [1.807, 2.05) is 17.7 Å². The average Bonchev–Trinajstić information content (AvgIpc) is 2.45. The van der Waals surface area contributed by atoms with Gasteiger partial charge in [-0.05, 0) is 32.8 Å². The third kappa shape index (κ3) is 3.40. The molecule has 0 aliphatic rings. The van der Waals surface area contributed by atoms with Crippen molar-refractivity contribution in [1.29, 1.82) is 0 Å². The van der Waals surface area contributed by atoms with Gasteiger partial charge in [-0.3, -0.25) is 4.68 Å². The first-order chi connectivity index (χ1) is 6.20. The number of hydrogen-bond donors (Lipinski definition) is 0. The van der Waals surface area contributed by atoms with Crippen LogP contribution >= 0.6 is 0 Å². The molecule has 0 aliphatic heterocycles. The number of carbonyl (C=O) groups is 1. The van der Waals surface area contributed by atoms with Gasteiger partial charge in [0, 0.05) is 24.9 Å². The van der Waals surface area contributed by atoms with E-state index in [9.17, 15) is 4.79 Å². The first-order valence-electron chi connectivity index (χ1n) is 4.68. The molecule has 0 unspecified atom stereocenters. The minimum atomic E-state index is 0.275. The van der Waals surface area contributed by atoms with E-state index in [4.69, 9.17) is 0 Å². The van der Waals surface area contributed by atoms with E-state index in [1.54, 1.807) is 13.1 Å². The topological polar surface area (TPSA) is 34.9 Å². The van der Waals surface area contributed by atoms with Gasteiger partial charge in [-0.25, -0.2) is 0 Å². The molecule has 0 fully saturated rings. The van der Waals surface area contributed by atoms with Crippen LogP contribution in [0.4, 0.5) is 0 Å². The van der Waals surface area contributed by atoms with Gasteiger partial charge in [0.05, 0.1) is 0 Å². The molecule has 0 aliphatic carbocycles. The molecular formula is C10H16N2O. The van der Waals surface area contributed by atoms with E-state index in [0.29, 0.717) is 6.42 Å². The summed E-state index contributed by atoms with van der Waals surface area (Å²) in [5.74, 6) is 0.275. The van der Waals surface area contributed by atoms with Crippen LogP contribution in [0.2, 0.25) is 0 Å². The molecule has 0 saturated heterocycles. The van der Waals surface area contributed by atoms with Gasteiger partial charge in [-0.15, -0.1) is 0 Å². The molecule has 1 aromatic heterocycles. The highest BCUT2D eigenvalue weighted by Gasteiger charge is 1.97. The summed E-state index contributed by atoms with van der Waals surface area (Å²) in [6.07, 6.45) is 4.50. The number of rotatable bonds is 5. The summed E-state index contributed by atoms with van der Waals surface area (Å²) in [7, 11) is 0. The Bertz CT molecular complexity index is 278. The van der Waals surface area contributed by atoms with Gasteiger partial charge in [0.2, 0.25) is 0 Å². The Morgan fingerprint density at radius 3 is 2.85 bits per heavy atom. The van der Waals surface area contributed by atoms with E-state index in [-0.39, 0.29) is 5.78 Å². The minimum Gasteiger partial charge on any atom is -0.300 e. The highest BCUT2D eigenvalue weighted by atomic mass is 16.1. The van der Waals surface area contributed by atoms with Crippen LogP contribution in [-0.2, 0) is 11.3 Å². The number of carbonyl (C=O) groups excluding carboxylic acids is 1. The van der Waals surface area contributed by atoms with Gasteiger partial charge in [-0.2, -0.15) is 5.10 Å². The standard InChI is InChI=1S/C10H16N2O/c1-9-6-7-11-12(9)8-4-3-5-10(2)13/h6-7H,3-5,8H2,1-2H3. The van der Waals surface area contributed by atoms with Gasteiger partial charge in [0.1, 0.15) is 5.78 Å². The fourth-order valence-electron chi connectivity index (χ4n) is 1.27. The molecule has 0 saturated carbocycles. The fraction of sp³-hybridized carbons (Fsp3) is 0.600. The van der Waals surface area contributed by atoms with Crippen LogP contribution in [0.15, 0.2) is 12.3 Å². The zero-order valence-electron chi connectivity index (χ0n) is 8.29. The molecule has 0 spiro atoms. The normalized spacial score (nSPS) is 10.3. The molecule has 3 heteroatoms. The highest BCUT2D eigenvalue weighted by molar-refractivity contribution is 5.75. The molecule has 0 N–H and O–H groups in total. The molecule has 0 aromatic carbocycles. The zero-order valence-corrected chi connectivity index (χ0v) is 8.29. The smallest absolute Gasteiger partial charge is 0.129 e. The van der Waals surface area contributed by atoms with Crippen LogP contribution < -0.4 is 0 Å². The summed E-state index contributed by atoms with van der Waals surface area (Å²) in [5, 5.41) is 4.16. The summed E-state index contributed by atoms with van der Waals surface area (Å²) >= 11 is 0. The predicted molar refractivity (Wildman–Crippen MR) is 51.5 cm³/mol. The van der Waals surface area contributed by atoms with Crippen molar-refractivity contribution >= 4 is 5.78 Å². The van der Waals surface area contributed by atoms with E-state index in [0.717, 1.165) is 19.4 Å². The Kier molecular flexibility index (Phi) is 3.68. The van der Waals surface area contributed by atoms with Crippen molar-refractivity contribution in [3.63, 3.8) is 0 Å². The number of hydrogen-bond acceptors (Lipinski definition) is 2. The fourth-order valence-corrected chi connectivity index (χ4v) is 1.27. The molecule has 1 rings (SSSR count). The number of Topliss-reactive ketones (excluding diaryl/α,β-unsaturated/α-hetero) is 1. The Labute approximate surface area is 78.8 Å². The number of unbranched alkanes of at least 4 members (excludes halogenated alkanes) is 1. The minimum absolute atomic E-state index is 0.275. The molecule has 1 aromatic rings. The quantitative estimate of drug-likeness (QED) is 0.649. The predicted octanol–water partition coefficient (Wildman–Crippen LogP) is 1.95. The van der Waals surface area contributed by atoms with Crippen LogP contribution in [0.3, 0.4) is 0 Å². The largest absolute Gasteiger partial charge is 0.300 e. The van der Waals surface area contributed by atoms with Gasteiger partial charge >= 0.3 is 0 Å². The van der Waals surface area contributed by atoms with Crippen molar-refractivity contribution in [2.45, 2.75) is 39.7 Å². The van der Waals surface area contributed by atoms with Crippen molar-refractivity contribution in [1.82, 2.24) is 9.78 Å².